The van der Waals surface area contributed by atoms with Crippen molar-refractivity contribution in [3.63, 3.8) is 0 Å². The minimum absolute atomic E-state index is 0.186. The molecule has 0 aromatic heterocycles. The van der Waals surface area contributed by atoms with Gasteiger partial charge in [0.25, 0.3) is 0 Å². The average molecular weight is 238 g/mol. The molecule has 1 aromatic rings. The van der Waals surface area contributed by atoms with Crippen molar-refractivity contribution in [2.45, 2.75) is 6.10 Å². The van der Waals surface area contributed by atoms with Gasteiger partial charge in [0, 0.05) is 45.4 Å². The summed E-state index contributed by atoms with van der Waals surface area (Å²) in [6.45, 7) is 4.73. The van der Waals surface area contributed by atoms with Gasteiger partial charge in [-0.1, -0.05) is 18.2 Å². The van der Waals surface area contributed by atoms with E-state index in [-0.39, 0.29) is 11.9 Å². The van der Waals surface area contributed by atoms with Crippen molar-refractivity contribution in [3.05, 3.63) is 35.6 Å². The first-order valence-electron chi connectivity index (χ1n) is 6.01. The fourth-order valence-corrected chi connectivity index (χ4v) is 2.16. The summed E-state index contributed by atoms with van der Waals surface area (Å²) in [5, 5.41) is 3.30. The zero-order chi connectivity index (χ0) is 12.1. The van der Waals surface area contributed by atoms with Crippen LogP contribution >= 0.6 is 0 Å². The normalized spacial score (nSPS) is 19.2. The highest BCUT2D eigenvalue weighted by atomic mass is 19.1. The monoisotopic (exact) mass is 238 g/mol. The second-order valence-electron chi connectivity index (χ2n) is 4.30. The molecule has 0 spiro atoms. The van der Waals surface area contributed by atoms with E-state index in [1.165, 1.54) is 6.07 Å². The van der Waals surface area contributed by atoms with Crippen LogP contribution in [0.15, 0.2) is 24.3 Å². The van der Waals surface area contributed by atoms with Crippen LogP contribution < -0.4 is 5.32 Å². The Morgan fingerprint density at radius 1 is 1.35 bits per heavy atom. The van der Waals surface area contributed by atoms with Gasteiger partial charge in [-0.3, -0.25) is 4.90 Å². The Kier molecular flexibility index (Phi) is 4.48. The minimum atomic E-state index is -0.186. The van der Waals surface area contributed by atoms with Crippen LogP contribution in [0.1, 0.15) is 11.7 Å². The van der Waals surface area contributed by atoms with Gasteiger partial charge in [-0.15, -0.1) is 0 Å². The highest BCUT2D eigenvalue weighted by Crippen LogP contribution is 2.21. The van der Waals surface area contributed by atoms with E-state index in [9.17, 15) is 4.39 Å². The fourth-order valence-electron chi connectivity index (χ4n) is 2.16. The van der Waals surface area contributed by atoms with Crippen LogP contribution in [0.3, 0.4) is 0 Å². The van der Waals surface area contributed by atoms with Gasteiger partial charge in [0.15, 0.2) is 0 Å². The fraction of sp³-hybridized carbons (Fsp3) is 0.538. The third-order valence-corrected chi connectivity index (χ3v) is 3.17. The van der Waals surface area contributed by atoms with Gasteiger partial charge in [0.05, 0.1) is 6.10 Å². The maximum atomic E-state index is 13.7. The summed E-state index contributed by atoms with van der Waals surface area (Å²) in [5.41, 5.74) is 0.647. The van der Waals surface area contributed by atoms with Gasteiger partial charge in [-0.2, -0.15) is 0 Å². The number of piperazine rings is 1. The molecule has 0 aliphatic carbocycles. The molecule has 1 heterocycles. The van der Waals surface area contributed by atoms with E-state index in [0.717, 1.165) is 32.7 Å². The Labute approximate surface area is 102 Å². The minimum Gasteiger partial charge on any atom is -0.375 e. The van der Waals surface area contributed by atoms with Gasteiger partial charge in [0.1, 0.15) is 5.82 Å². The number of hydrogen-bond acceptors (Lipinski definition) is 3. The molecule has 94 valence electrons. The number of hydrogen-bond donors (Lipinski definition) is 1. The van der Waals surface area contributed by atoms with Gasteiger partial charge >= 0.3 is 0 Å². The SMILES string of the molecule is COC(CN1CCNCC1)c1ccccc1F. The van der Waals surface area contributed by atoms with Crippen molar-refractivity contribution in [3.8, 4) is 0 Å². The summed E-state index contributed by atoms with van der Waals surface area (Å²) >= 11 is 0. The lowest BCUT2D eigenvalue weighted by molar-refractivity contribution is 0.0570. The second kappa shape index (κ2) is 6.10. The lowest BCUT2D eigenvalue weighted by Crippen LogP contribution is -2.45. The number of nitrogens with zero attached hydrogens (tertiary/aromatic N) is 1. The van der Waals surface area contributed by atoms with Gasteiger partial charge < -0.3 is 10.1 Å². The molecule has 1 aliphatic rings. The summed E-state index contributed by atoms with van der Waals surface area (Å²) in [6.07, 6.45) is -0.186. The van der Waals surface area contributed by atoms with Crippen molar-refractivity contribution >= 4 is 0 Å². The number of halogens is 1. The summed E-state index contributed by atoms with van der Waals surface area (Å²) in [7, 11) is 1.64. The molecule has 1 N–H and O–H groups in total. The summed E-state index contributed by atoms with van der Waals surface area (Å²) in [4.78, 5) is 2.30. The van der Waals surface area contributed by atoms with Crippen molar-refractivity contribution < 1.29 is 9.13 Å². The standard InChI is InChI=1S/C13H19FN2O/c1-17-13(10-16-8-6-15-7-9-16)11-4-2-3-5-12(11)14/h2-5,13,15H,6-10H2,1H3. The third-order valence-electron chi connectivity index (χ3n) is 3.17. The lowest BCUT2D eigenvalue weighted by atomic mass is 10.1. The van der Waals surface area contributed by atoms with Crippen molar-refractivity contribution in [1.82, 2.24) is 10.2 Å². The topological polar surface area (TPSA) is 24.5 Å². The maximum absolute atomic E-state index is 13.7. The maximum Gasteiger partial charge on any atom is 0.129 e. The smallest absolute Gasteiger partial charge is 0.129 e. The predicted molar refractivity (Wildman–Crippen MR) is 65.5 cm³/mol. The molecule has 1 atom stereocenters. The molecule has 4 heteroatoms. The number of nitrogens with one attached hydrogen (secondary N) is 1. The Bertz CT molecular complexity index is 353. The van der Waals surface area contributed by atoms with Crippen molar-refractivity contribution in [1.29, 1.82) is 0 Å². The zero-order valence-corrected chi connectivity index (χ0v) is 10.2. The molecule has 1 aromatic carbocycles. The number of methoxy groups -OCH3 is 1. The Balaban J connectivity index is 2.03. The number of benzene rings is 1. The van der Waals surface area contributed by atoms with Crippen LogP contribution in [-0.2, 0) is 4.74 Å². The molecule has 3 nitrogen and oxygen atoms in total. The van der Waals surface area contributed by atoms with E-state index in [2.05, 4.69) is 10.2 Å². The highest BCUT2D eigenvalue weighted by molar-refractivity contribution is 5.20. The first-order chi connectivity index (χ1) is 8.31. The first-order valence-corrected chi connectivity index (χ1v) is 6.01. The van der Waals surface area contributed by atoms with E-state index in [1.807, 2.05) is 6.07 Å². The van der Waals surface area contributed by atoms with E-state index in [1.54, 1.807) is 19.2 Å². The molecule has 1 unspecified atom stereocenters. The van der Waals surface area contributed by atoms with Gasteiger partial charge in [-0.25, -0.2) is 4.39 Å². The molecule has 0 amide bonds. The van der Waals surface area contributed by atoms with Gasteiger partial charge in [0.2, 0.25) is 0 Å². The molecule has 0 bridgehead atoms. The summed E-state index contributed by atoms with van der Waals surface area (Å²) in [5.74, 6) is -0.186. The van der Waals surface area contributed by atoms with Crippen molar-refractivity contribution in [2.75, 3.05) is 39.8 Å². The van der Waals surface area contributed by atoms with Crippen LogP contribution in [0, 0.1) is 5.82 Å². The van der Waals surface area contributed by atoms with Crippen LogP contribution in [0.5, 0.6) is 0 Å². The van der Waals surface area contributed by atoms with Gasteiger partial charge in [-0.05, 0) is 6.07 Å². The van der Waals surface area contributed by atoms with E-state index in [0.29, 0.717) is 5.56 Å². The van der Waals surface area contributed by atoms with Crippen LogP contribution in [0.2, 0.25) is 0 Å². The highest BCUT2D eigenvalue weighted by Gasteiger charge is 2.19. The molecule has 0 saturated carbocycles. The summed E-state index contributed by atoms with van der Waals surface area (Å²) < 4.78 is 19.1. The zero-order valence-electron chi connectivity index (χ0n) is 10.2. The molecule has 2 rings (SSSR count). The Morgan fingerprint density at radius 3 is 2.71 bits per heavy atom. The molecule has 17 heavy (non-hydrogen) atoms. The Hall–Kier alpha value is -0.970. The van der Waals surface area contributed by atoms with Crippen LogP contribution in [0.25, 0.3) is 0 Å². The molecular formula is C13H19FN2O. The molecule has 1 saturated heterocycles. The molecule has 1 fully saturated rings. The van der Waals surface area contributed by atoms with E-state index in [4.69, 9.17) is 4.74 Å². The Morgan fingerprint density at radius 2 is 2.06 bits per heavy atom. The molecule has 0 radical (unpaired) electrons. The first kappa shape index (κ1) is 12.5. The average Bonchev–Trinajstić information content (AvgIpc) is 2.38. The second-order valence-corrected chi connectivity index (χ2v) is 4.30. The summed E-state index contributed by atoms with van der Waals surface area (Å²) in [6, 6.07) is 6.84. The van der Waals surface area contributed by atoms with E-state index >= 15 is 0 Å². The predicted octanol–water partition coefficient (Wildman–Crippen LogP) is 1.42. The number of ether oxygens (including phenoxy) is 1. The van der Waals surface area contributed by atoms with E-state index < -0.39 is 0 Å². The van der Waals surface area contributed by atoms with Crippen LogP contribution in [-0.4, -0.2) is 44.7 Å². The third kappa shape index (κ3) is 3.25. The molecule has 1 aliphatic heterocycles. The largest absolute Gasteiger partial charge is 0.375 e. The van der Waals surface area contributed by atoms with Crippen molar-refractivity contribution in [2.24, 2.45) is 0 Å². The lowest BCUT2D eigenvalue weighted by Gasteiger charge is -2.30. The molecular weight excluding hydrogens is 219 g/mol. The van der Waals surface area contributed by atoms with Crippen LogP contribution in [0.4, 0.5) is 4.39 Å². The number of rotatable bonds is 4. The quantitative estimate of drug-likeness (QED) is 0.858.